The Hall–Kier alpha value is -1.32. The fourth-order valence-corrected chi connectivity index (χ4v) is 3.03. The molecule has 0 spiro atoms. The molecule has 0 saturated heterocycles. The number of halogens is 4. The number of hydrogen-bond acceptors (Lipinski definition) is 2. The molecule has 110 valence electrons. The molecule has 22 heavy (non-hydrogen) atoms. The van der Waals surface area contributed by atoms with Gasteiger partial charge in [0.2, 0.25) is 5.78 Å². The van der Waals surface area contributed by atoms with Crippen molar-refractivity contribution < 1.29 is 4.79 Å². The molecule has 3 rings (SSSR count). The summed E-state index contributed by atoms with van der Waals surface area (Å²) in [5.41, 5.74) is 0.849. The van der Waals surface area contributed by atoms with Crippen LogP contribution in [0, 0.1) is 0 Å². The van der Waals surface area contributed by atoms with Gasteiger partial charge in [0.05, 0.1) is 15.8 Å². The molecule has 6 heteroatoms. The number of Topliss-reactive ketones (excluding diaryl/α,β-unsaturated/α-hetero) is 1. The highest BCUT2D eigenvalue weighted by Gasteiger charge is 2.30. The Labute approximate surface area is 146 Å². The van der Waals surface area contributed by atoms with Gasteiger partial charge in [-0.25, -0.2) is 4.99 Å². The standard InChI is InChI=1S/C16H7Cl4NO/c17-11-13(19)16(22)14(20)12(18)15(11)21-10-7-3-5-8-4-1-2-6-9(8)10/h1-7H. The Morgan fingerprint density at radius 2 is 1.32 bits per heavy atom. The van der Waals surface area contributed by atoms with Gasteiger partial charge in [0.1, 0.15) is 15.8 Å². The first-order valence-corrected chi connectivity index (χ1v) is 7.74. The minimum atomic E-state index is -0.602. The monoisotopic (exact) mass is 369 g/mol. The number of aliphatic imine (C=N–C) groups is 1. The molecular weight excluding hydrogens is 364 g/mol. The van der Waals surface area contributed by atoms with Gasteiger partial charge in [-0.3, -0.25) is 4.79 Å². The van der Waals surface area contributed by atoms with Crippen molar-refractivity contribution in [2.45, 2.75) is 0 Å². The van der Waals surface area contributed by atoms with Gasteiger partial charge in [-0.15, -0.1) is 0 Å². The minimum Gasteiger partial charge on any atom is -0.286 e. The van der Waals surface area contributed by atoms with E-state index in [4.69, 9.17) is 46.4 Å². The highest BCUT2D eigenvalue weighted by Crippen LogP contribution is 2.36. The molecule has 1 aliphatic carbocycles. The normalized spacial score (nSPS) is 15.8. The fourth-order valence-electron chi connectivity index (χ4n) is 2.12. The molecule has 0 aliphatic heterocycles. The summed E-state index contributed by atoms with van der Waals surface area (Å²) in [5, 5.41) is 1.57. The molecule has 0 bridgehead atoms. The molecule has 2 aromatic carbocycles. The highest BCUT2D eigenvalue weighted by atomic mass is 35.5. The second-order valence-electron chi connectivity index (χ2n) is 4.54. The maximum absolute atomic E-state index is 11.8. The van der Waals surface area contributed by atoms with Gasteiger partial charge in [-0.05, 0) is 11.5 Å². The molecule has 2 nitrogen and oxygen atoms in total. The smallest absolute Gasteiger partial charge is 0.218 e. The van der Waals surface area contributed by atoms with Gasteiger partial charge < -0.3 is 0 Å². The first-order valence-electron chi connectivity index (χ1n) is 6.23. The average Bonchev–Trinajstić information content (AvgIpc) is 2.55. The van der Waals surface area contributed by atoms with Crippen LogP contribution in [0.5, 0.6) is 0 Å². The maximum Gasteiger partial charge on any atom is 0.218 e. The Morgan fingerprint density at radius 3 is 2.00 bits per heavy atom. The van der Waals surface area contributed by atoms with Crippen LogP contribution in [0.15, 0.2) is 67.6 Å². The predicted octanol–water partition coefficient (Wildman–Crippen LogP) is 5.87. The summed E-state index contributed by atoms with van der Waals surface area (Å²) in [6.07, 6.45) is 0. The van der Waals surface area contributed by atoms with Gasteiger partial charge >= 0.3 is 0 Å². The van der Waals surface area contributed by atoms with E-state index in [1.807, 2.05) is 42.5 Å². The van der Waals surface area contributed by atoms with E-state index in [2.05, 4.69) is 4.99 Å². The lowest BCUT2D eigenvalue weighted by molar-refractivity contribution is -0.111. The lowest BCUT2D eigenvalue weighted by Crippen LogP contribution is -2.15. The summed E-state index contributed by atoms with van der Waals surface area (Å²) in [4.78, 5) is 16.2. The molecule has 1 aliphatic rings. The van der Waals surface area contributed by atoms with Crippen LogP contribution in [-0.2, 0) is 4.79 Å². The number of fused-ring (bicyclic) bond motifs is 1. The fraction of sp³-hybridized carbons (Fsp3) is 0. The minimum absolute atomic E-state index is 0.00555. The number of allylic oxidation sites excluding steroid dienone is 4. The van der Waals surface area contributed by atoms with E-state index in [9.17, 15) is 4.79 Å². The SMILES string of the molecule is O=C1C(Cl)=C(Cl)C(=Nc2cccc3ccccc23)C(Cl)=C1Cl. The number of carbonyl (C=O) groups excluding carboxylic acids is 1. The van der Waals surface area contributed by atoms with Crippen molar-refractivity contribution in [2.75, 3.05) is 0 Å². The second kappa shape index (κ2) is 6.05. The van der Waals surface area contributed by atoms with Crippen molar-refractivity contribution in [3.8, 4) is 0 Å². The van der Waals surface area contributed by atoms with E-state index in [0.717, 1.165) is 10.8 Å². The van der Waals surface area contributed by atoms with Gasteiger partial charge in [0.15, 0.2) is 0 Å². The van der Waals surface area contributed by atoms with Gasteiger partial charge in [0, 0.05) is 5.39 Å². The number of ketones is 1. The van der Waals surface area contributed by atoms with Crippen molar-refractivity contribution in [1.82, 2.24) is 0 Å². The van der Waals surface area contributed by atoms with E-state index in [0.29, 0.717) is 5.69 Å². The molecule has 2 aromatic rings. The van der Waals surface area contributed by atoms with Crippen molar-refractivity contribution in [3.63, 3.8) is 0 Å². The van der Waals surface area contributed by atoms with Crippen molar-refractivity contribution >= 4 is 74.4 Å². The number of hydrogen-bond donors (Lipinski definition) is 0. The van der Waals surface area contributed by atoms with Crippen molar-refractivity contribution in [2.24, 2.45) is 4.99 Å². The quantitative estimate of drug-likeness (QED) is 0.577. The molecular formula is C16H7Cl4NO. The summed E-state index contributed by atoms with van der Waals surface area (Å²) in [6.45, 7) is 0. The van der Waals surface area contributed by atoms with Gasteiger partial charge in [-0.1, -0.05) is 82.8 Å². The number of nitrogens with zero attached hydrogens (tertiary/aromatic N) is 1. The molecule has 0 heterocycles. The van der Waals surface area contributed by atoms with Crippen LogP contribution in [0.25, 0.3) is 10.8 Å². The summed E-state index contributed by atoms with van der Waals surface area (Å²) < 4.78 is 0. The van der Waals surface area contributed by atoms with Crippen LogP contribution in [0.2, 0.25) is 0 Å². The summed E-state index contributed by atoms with van der Waals surface area (Å²) in [7, 11) is 0. The summed E-state index contributed by atoms with van der Waals surface area (Å²) in [5.74, 6) is -0.602. The van der Waals surface area contributed by atoms with Crippen molar-refractivity contribution in [3.05, 3.63) is 62.6 Å². The van der Waals surface area contributed by atoms with E-state index in [1.165, 1.54) is 0 Å². The highest BCUT2D eigenvalue weighted by molar-refractivity contribution is 6.70. The lowest BCUT2D eigenvalue weighted by atomic mass is 10.1. The summed E-state index contributed by atoms with van der Waals surface area (Å²) in [6, 6.07) is 13.4. The molecule has 0 unspecified atom stereocenters. The third kappa shape index (κ3) is 2.57. The predicted molar refractivity (Wildman–Crippen MR) is 93.5 cm³/mol. The van der Waals surface area contributed by atoms with Crippen LogP contribution in [-0.4, -0.2) is 11.5 Å². The molecule has 0 saturated carbocycles. The van der Waals surface area contributed by atoms with Crippen LogP contribution in [0.3, 0.4) is 0 Å². The second-order valence-corrected chi connectivity index (χ2v) is 6.06. The van der Waals surface area contributed by atoms with Gasteiger partial charge in [0.25, 0.3) is 0 Å². The molecule has 0 aromatic heterocycles. The van der Waals surface area contributed by atoms with Crippen LogP contribution < -0.4 is 0 Å². The van der Waals surface area contributed by atoms with E-state index in [1.54, 1.807) is 0 Å². The lowest BCUT2D eigenvalue weighted by Gasteiger charge is -2.14. The van der Waals surface area contributed by atoms with Crippen molar-refractivity contribution in [1.29, 1.82) is 0 Å². The van der Waals surface area contributed by atoms with Crippen LogP contribution in [0.1, 0.15) is 0 Å². The Bertz CT molecular complexity index is 861. The van der Waals surface area contributed by atoms with E-state index >= 15 is 0 Å². The topological polar surface area (TPSA) is 29.4 Å². The Kier molecular flexibility index (Phi) is 4.28. The van der Waals surface area contributed by atoms with Gasteiger partial charge in [-0.2, -0.15) is 0 Å². The zero-order chi connectivity index (χ0) is 15.9. The third-order valence-corrected chi connectivity index (χ3v) is 4.85. The number of rotatable bonds is 1. The van der Waals surface area contributed by atoms with E-state index < -0.39 is 5.78 Å². The zero-order valence-corrected chi connectivity index (χ0v) is 13.9. The largest absolute Gasteiger partial charge is 0.286 e. The molecule has 0 N–H and O–H groups in total. The number of carbonyl (C=O) groups is 1. The van der Waals surface area contributed by atoms with Crippen LogP contribution in [0.4, 0.5) is 5.69 Å². The average molecular weight is 371 g/mol. The molecule has 0 amide bonds. The first-order chi connectivity index (χ1) is 10.5. The number of benzene rings is 2. The molecule has 0 atom stereocenters. The first kappa shape index (κ1) is 15.6. The maximum atomic E-state index is 11.8. The Balaban J connectivity index is 2.25. The Morgan fingerprint density at radius 1 is 0.727 bits per heavy atom. The molecule has 0 radical (unpaired) electrons. The van der Waals surface area contributed by atoms with Crippen LogP contribution >= 0.6 is 46.4 Å². The zero-order valence-electron chi connectivity index (χ0n) is 10.9. The molecule has 0 fully saturated rings. The summed E-state index contributed by atoms with van der Waals surface area (Å²) >= 11 is 24.0. The van der Waals surface area contributed by atoms with E-state index in [-0.39, 0.29) is 25.8 Å². The third-order valence-electron chi connectivity index (χ3n) is 3.20.